The second-order valence-electron chi connectivity index (χ2n) is 11.2. The summed E-state index contributed by atoms with van der Waals surface area (Å²) in [5.41, 5.74) is 7.99. The molecular weight excluding hydrogens is 592 g/mol. The predicted molar refractivity (Wildman–Crippen MR) is 187 cm³/mol. The Bertz CT molecular complexity index is 1860. The fourth-order valence-electron chi connectivity index (χ4n) is 4.82. The molecule has 0 aliphatic heterocycles. The molecule has 4 aromatic heterocycles. The van der Waals surface area contributed by atoms with Crippen LogP contribution in [0.2, 0.25) is 0 Å². The van der Waals surface area contributed by atoms with Gasteiger partial charge in [-0.3, -0.25) is 19.8 Å². The number of H-pyrrole nitrogens is 2. The first-order valence-electron chi connectivity index (χ1n) is 15.6. The number of aromatic amines is 2. The predicted octanol–water partition coefficient (Wildman–Crippen LogP) is 6.65. The Morgan fingerprint density at radius 3 is 1.72 bits per heavy atom. The first-order chi connectivity index (χ1) is 22.7. The summed E-state index contributed by atoms with van der Waals surface area (Å²) in [7, 11) is 3.74. The lowest BCUT2D eigenvalue weighted by Crippen LogP contribution is -2.25. The zero-order valence-electron chi connectivity index (χ0n) is 27.3. The van der Waals surface area contributed by atoms with Gasteiger partial charge in [-0.15, -0.1) is 0 Å². The van der Waals surface area contributed by atoms with E-state index >= 15 is 0 Å². The Balaban J connectivity index is 0.000000178. The number of nitrogens with one attached hydrogen (secondary N) is 3. The maximum Gasteiger partial charge on any atom is 0.303 e. The highest BCUT2D eigenvalue weighted by molar-refractivity contribution is 5.92. The summed E-state index contributed by atoms with van der Waals surface area (Å²) >= 11 is 0. The molecule has 0 saturated heterocycles. The van der Waals surface area contributed by atoms with Gasteiger partial charge < -0.3 is 15.3 Å². The van der Waals surface area contributed by atoms with Crippen molar-refractivity contribution >= 4 is 45.3 Å². The van der Waals surface area contributed by atoms with Gasteiger partial charge in [0.2, 0.25) is 5.91 Å². The van der Waals surface area contributed by atoms with E-state index < -0.39 is 5.97 Å². The zero-order chi connectivity index (χ0) is 33.6. The van der Waals surface area contributed by atoms with Crippen LogP contribution in [0, 0.1) is 13.8 Å². The second-order valence-corrected chi connectivity index (χ2v) is 11.2. The topological polar surface area (TPSA) is 153 Å². The Labute approximate surface area is 274 Å². The number of rotatable bonds is 10. The molecule has 0 bridgehead atoms. The van der Waals surface area contributed by atoms with Crippen molar-refractivity contribution in [3.63, 3.8) is 0 Å². The molecule has 0 aliphatic rings. The zero-order valence-corrected chi connectivity index (χ0v) is 27.3. The first-order valence-corrected chi connectivity index (χ1v) is 15.6. The number of fused-ring (bicyclic) bond motifs is 2. The van der Waals surface area contributed by atoms with Crippen LogP contribution in [0.25, 0.3) is 22.1 Å². The molecule has 4 N–H and O–H groups in total. The summed E-state index contributed by atoms with van der Waals surface area (Å²) in [6.07, 6.45) is 6.97. The van der Waals surface area contributed by atoms with Crippen LogP contribution in [0.3, 0.4) is 0 Å². The van der Waals surface area contributed by atoms with Crippen molar-refractivity contribution in [2.45, 2.75) is 52.4 Å². The number of benzene rings is 2. The van der Waals surface area contributed by atoms with Gasteiger partial charge in [-0.1, -0.05) is 35.4 Å². The fraction of sp³-hybridized carbons (Fsp3) is 0.278. The number of carbonyl (C=O) groups excluding carboxylic acids is 1. The normalized spacial score (nSPS) is 10.5. The number of amides is 1. The van der Waals surface area contributed by atoms with E-state index in [0.29, 0.717) is 24.9 Å². The number of aryl methyl sites for hydroxylation is 4. The van der Waals surface area contributed by atoms with Gasteiger partial charge in [-0.2, -0.15) is 10.2 Å². The number of aromatic nitrogens is 6. The van der Waals surface area contributed by atoms with Crippen LogP contribution in [-0.2, 0) is 22.4 Å². The Morgan fingerprint density at radius 1 is 0.745 bits per heavy atom. The van der Waals surface area contributed by atoms with Crippen LogP contribution in [0.1, 0.15) is 48.2 Å². The minimum atomic E-state index is -0.767. The van der Waals surface area contributed by atoms with E-state index in [4.69, 9.17) is 5.11 Å². The van der Waals surface area contributed by atoms with Crippen molar-refractivity contribution in [2.75, 3.05) is 24.3 Å². The summed E-state index contributed by atoms with van der Waals surface area (Å²) in [6.45, 7) is 4.12. The van der Waals surface area contributed by atoms with E-state index in [0.717, 1.165) is 46.3 Å². The molecule has 244 valence electrons. The monoisotopic (exact) mass is 634 g/mol. The molecule has 11 nitrogen and oxygen atoms in total. The van der Waals surface area contributed by atoms with Gasteiger partial charge in [-0.05, 0) is 88.1 Å². The molecule has 2 aromatic carbocycles. The smallest absolute Gasteiger partial charge is 0.303 e. The molecule has 47 heavy (non-hydrogen) atoms. The maximum atomic E-state index is 12.3. The summed E-state index contributed by atoms with van der Waals surface area (Å²) in [5.74, 6) is -0.646. The Hall–Kier alpha value is -5.58. The number of hydrogen-bond acceptors (Lipinski definition) is 7. The van der Waals surface area contributed by atoms with Gasteiger partial charge in [0.1, 0.15) is 0 Å². The van der Waals surface area contributed by atoms with Crippen molar-refractivity contribution in [1.29, 1.82) is 0 Å². The Kier molecular flexibility index (Phi) is 12.6. The van der Waals surface area contributed by atoms with Crippen LogP contribution < -0.4 is 10.2 Å². The molecule has 1 amide bonds. The molecule has 0 radical (unpaired) electrons. The van der Waals surface area contributed by atoms with Crippen molar-refractivity contribution in [3.05, 3.63) is 108 Å². The highest BCUT2D eigenvalue weighted by atomic mass is 16.4. The molecular formula is C36H42N8O3. The molecule has 0 fully saturated rings. The molecule has 6 aromatic rings. The van der Waals surface area contributed by atoms with E-state index in [9.17, 15) is 9.59 Å². The van der Waals surface area contributed by atoms with Crippen LogP contribution >= 0.6 is 0 Å². The van der Waals surface area contributed by atoms with Crippen LogP contribution in [0.15, 0.2) is 85.2 Å². The van der Waals surface area contributed by atoms with E-state index in [1.807, 2.05) is 69.6 Å². The van der Waals surface area contributed by atoms with Crippen molar-refractivity contribution < 1.29 is 14.7 Å². The van der Waals surface area contributed by atoms with Crippen molar-refractivity contribution in [2.24, 2.45) is 0 Å². The lowest BCUT2D eigenvalue weighted by molar-refractivity contribution is -0.137. The van der Waals surface area contributed by atoms with Gasteiger partial charge in [0.05, 0.1) is 0 Å². The van der Waals surface area contributed by atoms with Gasteiger partial charge in [-0.25, -0.2) is 9.97 Å². The highest BCUT2D eigenvalue weighted by Gasteiger charge is 2.12. The molecule has 0 unspecified atom stereocenters. The summed E-state index contributed by atoms with van der Waals surface area (Å²) < 4.78 is 0. The molecule has 6 rings (SSSR count). The van der Waals surface area contributed by atoms with Gasteiger partial charge in [0.15, 0.2) is 11.3 Å². The first kappa shape index (κ1) is 34.3. The van der Waals surface area contributed by atoms with Crippen molar-refractivity contribution in [1.82, 2.24) is 30.4 Å². The summed E-state index contributed by atoms with van der Waals surface area (Å²) in [4.78, 5) is 32.7. The van der Waals surface area contributed by atoms with E-state index in [-0.39, 0.29) is 12.3 Å². The maximum absolute atomic E-state index is 12.3. The largest absolute Gasteiger partial charge is 0.481 e. The number of nitrogens with zero attached hydrogens (tertiary/aromatic N) is 5. The third-order valence-corrected chi connectivity index (χ3v) is 7.59. The average Bonchev–Trinajstić information content (AvgIpc) is 3.70. The minimum absolute atomic E-state index is 0.121. The molecule has 0 spiro atoms. The molecule has 0 saturated carbocycles. The molecule has 11 heteroatoms. The van der Waals surface area contributed by atoms with Crippen LogP contribution in [0.5, 0.6) is 0 Å². The number of carboxylic acid groups (broad SMARTS) is 1. The number of pyridine rings is 2. The quantitative estimate of drug-likeness (QED) is 0.131. The fourth-order valence-corrected chi connectivity index (χ4v) is 4.82. The molecule has 4 heterocycles. The number of aliphatic carboxylic acids is 1. The molecule has 0 atom stereocenters. The summed E-state index contributed by atoms with van der Waals surface area (Å²) in [5, 5.41) is 27.7. The van der Waals surface area contributed by atoms with E-state index in [2.05, 4.69) is 66.9 Å². The lowest BCUT2D eigenvalue weighted by atomic mass is 10.1. The second kappa shape index (κ2) is 17.2. The van der Waals surface area contributed by atoms with Gasteiger partial charge >= 0.3 is 5.97 Å². The number of anilines is 2. The van der Waals surface area contributed by atoms with Gasteiger partial charge in [0, 0.05) is 72.9 Å². The SMILES string of the molecule is CNc1ccc(C)cc1.Cc1ccc(N(C)C(=O)CCCc2[nH]nc3ncccc23)cc1.O=C(O)CCCc1[nH]nc2ncccc12. The molecule has 0 aliphatic carbocycles. The van der Waals surface area contributed by atoms with Gasteiger partial charge in [0.25, 0.3) is 0 Å². The summed E-state index contributed by atoms with van der Waals surface area (Å²) in [6, 6.07) is 24.0. The lowest BCUT2D eigenvalue weighted by Gasteiger charge is -2.17. The van der Waals surface area contributed by atoms with E-state index in [1.54, 1.807) is 17.3 Å². The average molecular weight is 635 g/mol. The number of hydrogen-bond donors (Lipinski definition) is 4. The standard InChI is InChI=1S/C18H20N4O.C10H11N3O2.C8H11N/c1-13-8-10-14(11-9-13)22(2)17(23)7-3-6-16-15-5-4-12-19-18(15)21-20-16;14-9(15)5-1-4-8-7-3-2-6-11-10(7)13-12-8;1-7-3-5-8(9-2)6-4-7/h4-5,8-12H,3,6-7H2,1-2H3,(H,19,20,21);2-3,6H,1,4-5H2,(H,14,15)(H,11,12,13);3-6,9H,1-2H3. The third-order valence-electron chi connectivity index (χ3n) is 7.59. The van der Waals surface area contributed by atoms with Crippen LogP contribution in [0.4, 0.5) is 11.4 Å². The third kappa shape index (κ3) is 10.2. The minimum Gasteiger partial charge on any atom is -0.481 e. The Morgan fingerprint density at radius 2 is 1.23 bits per heavy atom. The van der Waals surface area contributed by atoms with Crippen LogP contribution in [-0.4, -0.2) is 61.4 Å². The number of carbonyl (C=O) groups is 2. The van der Waals surface area contributed by atoms with Crippen molar-refractivity contribution in [3.8, 4) is 0 Å². The number of carboxylic acids is 1. The highest BCUT2D eigenvalue weighted by Crippen LogP contribution is 2.18. The van der Waals surface area contributed by atoms with E-state index in [1.165, 1.54) is 16.8 Å².